The van der Waals surface area contributed by atoms with Crippen LogP contribution in [0.1, 0.15) is 11.3 Å². The predicted molar refractivity (Wildman–Crippen MR) is 56.7 cm³/mol. The fraction of sp³-hybridized carbons (Fsp3) is 0.400. The standard InChI is InChI=1S/C10H11F3N2O4/c1-18-9-8(19-10(11,12)13)5(4-14)2-6(15-9)3-7(16)17/h2H,3-4,14H2,1H3,(H,16,17). The zero-order chi connectivity index (χ0) is 14.6. The number of nitrogens with zero attached hydrogens (tertiary/aromatic N) is 1. The molecule has 106 valence electrons. The van der Waals surface area contributed by atoms with Gasteiger partial charge in [-0.1, -0.05) is 0 Å². The molecule has 0 aromatic carbocycles. The van der Waals surface area contributed by atoms with Crippen LogP contribution in [0, 0.1) is 0 Å². The van der Waals surface area contributed by atoms with Gasteiger partial charge in [0.05, 0.1) is 19.2 Å². The van der Waals surface area contributed by atoms with Crippen molar-refractivity contribution in [3.05, 3.63) is 17.3 Å². The van der Waals surface area contributed by atoms with Gasteiger partial charge in [-0.15, -0.1) is 13.2 Å². The summed E-state index contributed by atoms with van der Waals surface area (Å²) in [5.74, 6) is -2.30. The van der Waals surface area contributed by atoms with Crippen molar-refractivity contribution >= 4 is 5.97 Å². The summed E-state index contributed by atoms with van der Waals surface area (Å²) in [5, 5.41) is 8.63. The number of alkyl halides is 3. The Kier molecular flexibility index (Phi) is 4.54. The highest BCUT2D eigenvalue weighted by molar-refractivity contribution is 5.69. The Morgan fingerprint density at radius 1 is 1.53 bits per heavy atom. The minimum absolute atomic E-state index is 0.0272. The van der Waals surface area contributed by atoms with Crippen LogP contribution in [-0.4, -0.2) is 29.5 Å². The van der Waals surface area contributed by atoms with Crippen LogP contribution in [0.4, 0.5) is 13.2 Å². The second-order valence-electron chi connectivity index (χ2n) is 3.43. The summed E-state index contributed by atoms with van der Waals surface area (Å²) in [5.41, 5.74) is 5.30. The monoisotopic (exact) mass is 280 g/mol. The van der Waals surface area contributed by atoms with Crippen molar-refractivity contribution in [3.8, 4) is 11.6 Å². The van der Waals surface area contributed by atoms with Crippen LogP contribution < -0.4 is 15.2 Å². The summed E-state index contributed by atoms with van der Waals surface area (Å²) < 4.78 is 45.2. The number of pyridine rings is 1. The molecule has 6 nitrogen and oxygen atoms in total. The number of hydrogen-bond acceptors (Lipinski definition) is 5. The molecule has 0 aliphatic carbocycles. The van der Waals surface area contributed by atoms with Gasteiger partial charge in [0.2, 0.25) is 0 Å². The topological polar surface area (TPSA) is 94.7 Å². The highest BCUT2D eigenvalue weighted by Gasteiger charge is 2.34. The molecule has 19 heavy (non-hydrogen) atoms. The third-order valence-corrected chi connectivity index (χ3v) is 2.04. The number of aromatic nitrogens is 1. The zero-order valence-corrected chi connectivity index (χ0v) is 9.82. The predicted octanol–water partition coefficient (Wildman–Crippen LogP) is 1.07. The molecule has 0 unspecified atom stereocenters. The molecule has 0 fully saturated rings. The fourth-order valence-corrected chi connectivity index (χ4v) is 1.38. The third kappa shape index (κ3) is 4.28. The van der Waals surface area contributed by atoms with E-state index >= 15 is 0 Å². The van der Waals surface area contributed by atoms with Crippen molar-refractivity contribution in [1.82, 2.24) is 4.98 Å². The van der Waals surface area contributed by atoms with Crippen LogP contribution in [0.3, 0.4) is 0 Å². The molecule has 0 amide bonds. The minimum Gasteiger partial charge on any atom is -0.481 e. The largest absolute Gasteiger partial charge is 0.573 e. The third-order valence-electron chi connectivity index (χ3n) is 2.04. The second kappa shape index (κ2) is 5.74. The lowest BCUT2D eigenvalue weighted by Crippen LogP contribution is -2.20. The molecule has 0 saturated heterocycles. The van der Waals surface area contributed by atoms with E-state index in [9.17, 15) is 18.0 Å². The number of methoxy groups -OCH3 is 1. The zero-order valence-electron chi connectivity index (χ0n) is 9.82. The maximum atomic E-state index is 12.2. The van der Waals surface area contributed by atoms with Crippen molar-refractivity contribution in [3.63, 3.8) is 0 Å². The van der Waals surface area contributed by atoms with E-state index in [2.05, 4.69) is 14.5 Å². The van der Waals surface area contributed by atoms with E-state index in [4.69, 9.17) is 10.8 Å². The van der Waals surface area contributed by atoms with Gasteiger partial charge in [0.1, 0.15) is 0 Å². The number of carbonyl (C=O) groups is 1. The van der Waals surface area contributed by atoms with Crippen molar-refractivity contribution in [2.45, 2.75) is 19.3 Å². The normalized spacial score (nSPS) is 11.2. The average Bonchev–Trinajstić information content (AvgIpc) is 2.28. The molecule has 0 aliphatic heterocycles. The SMILES string of the molecule is COc1nc(CC(=O)O)cc(CN)c1OC(F)(F)F. The van der Waals surface area contributed by atoms with Gasteiger partial charge in [0.25, 0.3) is 5.88 Å². The summed E-state index contributed by atoms with van der Waals surface area (Å²) in [6.07, 6.45) is -5.39. The van der Waals surface area contributed by atoms with E-state index < -0.39 is 30.4 Å². The van der Waals surface area contributed by atoms with Crippen molar-refractivity contribution in [2.24, 2.45) is 5.73 Å². The molecule has 1 rings (SSSR count). The van der Waals surface area contributed by atoms with E-state index in [-0.39, 0.29) is 17.8 Å². The van der Waals surface area contributed by atoms with Gasteiger partial charge in [-0.3, -0.25) is 4.79 Å². The number of hydrogen-bond donors (Lipinski definition) is 2. The van der Waals surface area contributed by atoms with E-state index in [1.165, 1.54) is 0 Å². The molecule has 3 N–H and O–H groups in total. The molecule has 0 aliphatic rings. The lowest BCUT2D eigenvalue weighted by atomic mass is 10.1. The Labute approximate surface area is 105 Å². The fourth-order valence-electron chi connectivity index (χ4n) is 1.38. The average molecular weight is 280 g/mol. The second-order valence-corrected chi connectivity index (χ2v) is 3.43. The number of halogens is 3. The maximum absolute atomic E-state index is 12.2. The van der Waals surface area contributed by atoms with Crippen molar-refractivity contribution in [1.29, 1.82) is 0 Å². The number of nitrogens with two attached hydrogens (primary N) is 1. The molecule has 0 atom stereocenters. The molecular formula is C10H11F3N2O4. The summed E-state index contributed by atoms with van der Waals surface area (Å²) in [7, 11) is 1.09. The summed E-state index contributed by atoms with van der Waals surface area (Å²) in [4.78, 5) is 14.2. The molecule has 0 bridgehead atoms. The Hall–Kier alpha value is -2.03. The Balaban J connectivity index is 3.25. The van der Waals surface area contributed by atoms with Gasteiger partial charge in [0, 0.05) is 12.1 Å². The van der Waals surface area contributed by atoms with Crippen LogP contribution >= 0.6 is 0 Å². The Morgan fingerprint density at radius 3 is 2.58 bits per heavy atom. The maximum Gasteiger partial charge on any atom is 0.573 e. The summed E-state index contributed by atoms with van der Waals surface area (Å²) >= 11 is 0. The lowest BCUT2D eigenvalue weighted by Gasteiger charge is -2.16. The van der Waals surface area contributed by atoms with Crippen LogP contribution in [0.15, 0.2) is 6.07 Å². The first-order valence-electron chi connectivity index (χ1n) is 5.01. The molecule has 0 spiro atoms. The molecule has 9 heteroatoms. The number of carboxylic acids is 1. The molecule has 0 saturated carbocycles. The van der Waals surface area contributed by atoms with Gasteiger partial charge in [-0.2, -0.15) is 0 Å². The van der Waals surface area contributed by atoms with Gasteiger partial charge in [-0.25, -0.2) is 4.98 Å². The van der Waals surface area contributed by atoms with Crippen LogP contribution in [-0.2, 0) is 17.8 Å². The molecule has 0 radical (unpaired) electrons. The summed E-state index contributed by atoms with van der Waals surface area (Å²) in [6.45, 7) is -0.281. The van der Waals surface area contributed by atoms with Crippen LogP contribution in [0.2, 0.25) is 0 Å². The van der Waals surface area contributed by atoms with Gasteiger partial charge in [0.15, 0.2) is 5.75 Å². The lowest BCUT2D eigenvalue weighted by molar-refractivity contribution is -0.275. The van der Waals surface area contributed by atoms with Crippen molar-refractivity contribution in [2.75, 3.05) is 7.11 Å². The Morgan fingerprint density at radius 2 is 2.16 bits per heavy atom. The van der Waals surface area contributed by atoms with Gasteiger partial charge >= 0.3 is 12.3 Å². The number of aliphatic carboxylic acids is 1. The van der Waals surface area contributed by atoms with E-state index in [0.717, 1.165) is 13.2 Å². The van der Waals surface area contributed by atoms with Crippen LogP contribution in [0.25, 0.3) is 0 Å². The van der Waals surface area contributed by atoms with E-state index in [1.54, 1.807) is 0 Å². The first-order chi connectivity index (χ1) is 8.76. The van der Waals surface area contributed by atoms with E-state index in [1.807, 2.05) is 0 Å². The van der Waals surface area contributed by atoms with Crippen molar-refractivity contribution < 1.29 is 32.5 Å². The van der Waals surface area contributed by atoms with Gasteiger partial charge in [-0.05, 0) is 6.07 Å². The minimum atomic E-state index is -4.92. The quantitative estimate of drug-likeness (QED) is 0.838. The highest BCUT2D eigenvalue weighted by Crippen LogP contribution is 2.34. The number of ether oxygens (including phenoxy) is 2. The van der Waals surface area contributed by atoms with E-state index in [0.29, 0.717) is 0 Å². The molecule has 1 aromatic rings. The van der Waals surface area contributed by atoms with Gasteiger partial charge < -0.3 is 20.3 Å². The number of rotatable bonds is 5. The Bertz CT molecular complexity index is 451. The first kappa shape index (κ1) is 15.0. The smallest absolute Gasteiger partial charge is 0.481 e. The first-order valence-corrected chi connectivity index (χ1v) is 5.01. The molecular weight excluding hydrogens is 269 g/mol. The summed E-state index contributed by atoms with van der Waals surface area (Å²) in [6, 6.07) is 1.14. The molecule has 1 heterocycles. The molecule has 1 aromatic heterocycles. The number of carboxylic acid groups (broad SMARTS) is 1. The highest BCUT2D eigenvalue weighted by atomic mass is 19.4. The van der Waals surface area contributed by atoms with Crippen LogP contribution in [0.5, 0.6) is 11.6 Å².